The number of rotatable bonds is 6. The molecule has 1 N–H and O–H groups in total. The zero-order chi connectivity index (χ0) is 15.9. The maximum absolute atomic E-state index is 12.1. The average molecular weight is 297 g/mol. The van der Waals surface area contributed by atoms with Crippen molar-refractivity contribution in [1.82, 2.24) is 4.98 Å². The van der Waals surface area contributed by atoms with Crippen molar-refractivity contribution in [1.29, 1.82) is 0 Å². The van der Waals surface area contributed by atoms with Crippen LogP contribution in [0.1, 0.15) is 26.7 Å². The molecule has 0 saturated heterocycles. The highest BCUT2D eigenvalue weighted by molar-refractivity contribution is 5.92. The quantitative estimate of drug-likeness (QED) is 0.868. The second-order valence-corrected chi connectivity index (χ2v) is 5.30. The van der Waals surface area contributed by atoms with E-state index in [1.54, 1.807) is 6.20 Å². The molecule has 0 bridgehead atoms. The van der Waals surface area contributed by atoms with E-state index < -0.39 is 0 Å². The van der Waals surface area contributed by atoms with Crippen LogP contribution in [0.3, 0.4) is 0 Å². The average Bonchev–Trinajstić information content (AvgIpc) is 2.57. The van der Waals surface area contributed by atoms with Gasteiger partial charge in [0.05, 0.1) is 11.9 Å². The lowest BCUT2D eigenvalue weighted by molar-refractivity contribution is -0.120. The minimum atomic E-state index is 0.0617. The number of nitrogens with zero attached hydrogens (tertiary/aromatic N) is 2. The lowest BCUT2D eigenvalue weighted by atomic mass is 10.0. The molecule has 1 heterocycles. The third-order valence-electron chi connectivity index (χ3n) is 3.86. The number of pyridine rings is 1. The van der Waals surface area contributed by atoms with Crippen molar-refractivity contribution >= 4 is 23.1 Å². The highest BCUT2D eigenvalue weighted by atomic mass is 16.1. The zero-order valence-corrected chi connectivity index (χ0v) is 13.4. The van der Waals surface area contributed by atoms with E-state index in [0.29, 0.717) is 0 Å². The van der Waals surface area contributed by atoms with E-state index >= 15 is 0 Å². The van der Waals surface area contributed by atoms with Crippen molar-refractivity contribution in [2.75, 3.05) is 17.3 Å². The van der Waals surface area contributed by atoms with Crippen molar-refractivity contribution in [2.24, 2.45) is 5.92 Å². The fourth-order valence-electron chi connectivity index (χ4n) is 2.35. The van der Waals surface area contributed by atoms with E-state index in [2.05, 4.69) is 10.3 Å². The Hall–Kier alpha value is -2.36. The number of carbonyl (C=O) groups excluding carboxylic acids is 1. The molecule has 0 saturated carbocycles. The van der Waals surface area contributed by atoms with Gasteiger partial charge in [-0.15, -0.1) is 0 Å². The first kappa shape index (κ1) is 16.0. The van der Waals surface area contributed by atoms with Crippen LogP contribution in [0.25, 0.3) is 0 Å². The standard InChI is InChI=1S/C18H23N3O/c1-4-14(5-2)18(22)20-15-11-12-17(19-13-15)21(3)16-9-7-6-8-10-16/h6-14H,4-5H2,1-3H3,(H,20,22). The molecule has 1 amide bonds. The third kappa shape index (κ3) is 3.85. The SMILES string of the molecule is CCC(CC)C(=O)Nc1ccc(N(C)c2ccccc2)nc1. The maximum Gasteiger partial charge on any atom is 0.227 e. The largest absolute Gasteiger partial charge is 0.329 e. The molecule has 2 rings (SSSR count). The van der Waals surface area contributed by atoms with Crippen molar-refractivity contribution in [2.45, 2.75) is 26.7 Å². The van der Waals surface area contributed by atoms with Crippen LogP contribution < -0.4 is 10.2 Å². The number of para-hydroxylation sites is 1. The highest BCUT2D eigenvalue weighted by Gasteiger charge is 2.14. The number of amides is 1. The Bertz CT molecular complexity index is 591. The molecule has 0 spiro atoms. The molecule has 1 aromatic heterocycles. The molecule has 0 fully saturated rings. The normalized spacial score (nSPS) is 10.5. The molecule has 0 atom stereocenters. The predicted molar refractivity (Wildman–Crippen MR) is 91.4 cm³/mol. The molecule has 0 aliphatic heterocycles. The fourth-order valence-corrected chi connectivity index (χ4v) is 2.35. The van der Waals surface area contributed by atoms with Crippen LogP contribution in [-0.4, -0.2) is 17.9 Å². The van der Waals surface area contributed by atoms with Gasteiger partial charge in [0.25, 0.3) is 0 Å². The minimum Gasteiger partial charge on any atom is -0.329 e. The Morgan fingerprint density at radius 3 is 2.36 bits per heavy atom. The van der Waals surface area contributed by atoms with Crippen molar-refractivity contribution in [3.63, 3.8) is 0 Å². The van der Waals surface area contributed by atoms with Crippen molar-refractivity contribution in [3.8, 4) is 0 Å². The Labute approximate surface area is 132 Å². The predicted octanol–water partition coefficient (Wildman–Crippen LogP) is 4.22. The van der Waals surface area contributed by atoms with E-state index in [1.807, 2.05) is 68.3 Å². The van der Waals surface area contributed by atoms with Crippen LogP contribution in [0.2, 0.25) is 0 Å². The van der Waals surface area contributed by atoms with Crippen molar-refractivity contribution < 1.29 is 4.79 Å². The summed E-state index contributed by atoms with van der Waals surface area (Å²) in [5.41, 5.74) is 1.81. The molecule has 2 aromatic rings. The Morgan fingerprint density at radius 1 is 1.14 bits per heavy atom. The van der Waals surface area contributed by atoms with E-state index in [9.17, 15) is 4.79 Å². The molecule has 0 aliphatic rings. The second kappa shape index (κ2) is 7.59. The molecule has 0 aliphatic carbocycles. The van der Waals surface area contributed by atoms with Gasteiger partial charge in [-0.1, -0.05) is 32.0 Å². The van der Waals surface area contributed by atoms with Gasteiger partial charge < -0.3 is 10.2 Å². The number of aromatic nitrogens is 1. The summed E-state index contributed by atoms with van der Waals surface area (Å²) in [5.74, 6) is 0.967. The monoisotopic (exact) mass is 297 g/mol. The van der Waals surface area contributed by atoms with Gasteiger partial charge in [-0.25, -0.2) is 4.98 Å². The van der Waals surface area contributed by atoms with Gasteiger partial charge in [0.1, 0.15) is 5.82 Å². The van der Waals surface area contributed by atoms with E-state index in [4.69, 9.17) is 0 Å². The molecule has 4 heteroatoms. The van der Waals surface area contributed by atoms with Crippen LogP contribution in [-0.2, 0) is 4.79 Å². The van der Waals surface area contributed by atoms with Gasteiger partial charge in [-0.2, -0.15) is 0 Å². The van der Waals surface area contributed by atoms with Gasteiger partial charge >= 0.3 is 0 Å². The molecule has 0 radical (unpaired) electrons. The summed E-state index contributed by atoms with van der Waals surface area (Å²) >= 11 is 0. The van der Waals surface area contributed by atoms with Gasteiger partial charge in [0.2, 0.25) is 5.91 Å². The first-order valence-electron chi connectivity index (χ1n) is 7.71. The highest BCUT2D eigenvalue weighted by Crippen LogP contribution is 2.22. The molecule has 1 aromatic carbocycles. The van der Waals surface area contributed by atoms with E-state index in [0.717, 1.165) is 30.0 Å². The van der Waals surface area contributed by atoms with Gasteiger partial charge in [0, 0.05) is 18.7 Å². The Morgan fingerprint density at radius 2 is 1.82 bits per heavy atom. The summed E-state index contributed by atoms with van der Waals surface area (Å²) in [4.78, 5) is 18.5. The minimum absolute atomic E-state index is 0.0617. The van der Waals surface area contributed by atoms with E-state index in [-0.39, 0.29) is 11.8 Å². The summed E-state index contributed by atoms with van der Waals surface area (Å²) in [6.45, 7) is 4.06. The topological polar surface area (TPSA) is 45.2 Å². The molecule has 116 valence electrons. The Balaban J connectivity index is 2.06. The van der Waals surface area contributed by atoms with Gasteiger partial charge in [-0.05, 0) is 37.1 Å². The molecule has 4 nitrogen and oxygen atoms in total. The number of nitrogens with one attached hydrogen (secondary N) is 1. The Kier molecular flexibility index (Phi) is 5.53. The molecular formula is C18H23N3O. The molecular weight excluding hydrogens is 274 g/mol. The smallest absolute Gasteiger partial charge is 0.227 e. The van der Waals surface area contributed by atoms with Crippen molar-refractivity contribution in [3.05, 3.63) is 48.7 Å². The van der Waals surface area contributed by atoms with E-state index in [1.165, 1.54) is 0 Å². The van der Waals surface area contributed by atoms with Gasteiger partial charge in [-0.3, -0.25) is 4.79 Å². The number of anilines is 3. The van der Waals surface area contributed by atoms with Crippen LogP contribution in [0.15, 0.2) is 48.7 Å². The third-order valence-corrected chi connectivity index (χ3v) is 3.86. The number of carbonyl (C=O) groups is 1. The number of benzene rings is 1. The second-order valence-electron chi connectivity index (χ2n) is 5.30. The van der Waals surface area contributed by atoms with Crippen LogP contribution >= 0.6 is 0 Å². The van der Waals surface area contributed by atoms with Crippen LogP contribution in [0, 0.1) is 5.92 Å². The summed E-state index contributed by atoms with van der Waals surface area (Å²) in [7, 11) is 1.97. The first-order valence-corrected chi connectivity index (χ1v) is 7.71. The summed E-state index contributed by atoms with van der Waals surface area (Å²) in [6.07, 6.45) is 3.41. The zero-order valence-electron chi connectivity index (χ0n) is 13.4. The lowest BCUT2D eigenvalue weighted by Gasteiger charge is -2.18. The van der Waals surface area contributed by atoms with Crippen LogP contribution in [0.5, 0.6) is 0 Å². The summed E-state index contributed by atoms with van der Waals surface area (Å²) < 4.78 is 0. The maximum atomic E-state index is 12.1. The molecule has 22 heavy (non-hydrogen) atoms. The summed E-state index contributed by atoms with van der Waals surface area (Å²) in [6, 6.07) is 13.8. The first-order chi connectivity index (χ1) is 10.7. The number of hydrogen-bond donors (Lipinski definition) is 1. The summed E-state index contributed by atoms with van der Waals surface area (Å²) in [5, 5.41) is 2.93. The molecule has 0 unspecified atom stereocenters. The fraction of sp³-hybridized carbons (Fsp3) is 0.333. The lowest BCUT2D eigenvalue weighted by Crippen LogP contribution is -2.21. The van der Waals surface area contributed by atoms with Crippen LogP contribution in [0.4, 0.5) is 17.2 Å². The number of hydrogen-bond acceptors (Lipinski definition) is 3. The van der Waals surface area contributed by atoms with Gasteiger partial charge in [0.15, 0.2) is 0 Å².